The molecule has 7 heteroatoms. The maximum absolute atomic E-state index is 13.2. The molecule has 2 saturated heterocycles. The van der Waals surface area contributed by atoms with Crippen molar-refractivity contribution in [2.45, 2.75) is 76.5 Å². The smallest absolute Gasteiger partial charge is 0.239 e. The molecular weight excluding hydrogens is 426 g/mol. The summed E-state index contributed by atoms with van der Waals surface area (Å²) in [6, 6.07) is 12.6. The van der Waals surface area contributed by atoms with E-state index in [2.05, 4.69) is 35.0 Å². The van der Waals surface area contributed by atoms with Crippen molar-refractivity contribution in [2.75, 3.05) is 38.0 Å². The van der Waals surface area contributed by atoms with Crippen LogP contribution in [0, 0.1) is 0 Å². The molecule has 2 aliphatic heterocycles. The second-order valence-corrected chi connectivity index (χ2v) is 10.5. The second kappa shape index (κ2) is 10.6. The van der Waals surface area contributed by atoms with Crippen LogP contribution in [0.15, 0.2) is 36.4 Å². The van der Waals surface area contributed by atoms with Gasteiger partial charge in [-0.2, -0.15) is 5.10 Å². The van der Waals surface area contributed by atoms with Gasteiger partial charge in [0.05, 0.1) is 30.1 Å². The fraction of sp³-hybridized carbons (Fsp3) is 0.630. The lowest BCUT2D eigenvalue weighted by molar-refractivity contribution is -0.118. The van der Waals surface area contributed by atoms with Gasteiger partial charge in [-0.3, -0.25) is 14.6 Å². The molecule has 0 spiro atoms. The first-order chi connectivity index (χ1) is 16.5. The van der Waals surface area contributed by atoms with Crippen LogP contribution in [0.1, 0.15) is 64.0 Å². The van der Waals surface area contributed by atoms with E-state index in [4.69, 9.17) is 9.84 Å². The first kappa shape index (κ1) is 23.5. The summed E-state index contributed by atoms with van der Waals surface area (Å²) >= 11 is 0. The Morgan fingerprint density at radius 2 is 1.79 bits per heavy atom. The lowest BCUT2D eigenvalue weighted by Gasteiger charge is -2.38. The number of aromatic nitrogens is 2. The molecule has 3 aliphatic rings. The van der Waals surface area contributed by atoms with Crippen LogP contribution in [-0.4, -0.2) is 76.5 Å². The Balaban J connectivity index is 1.25. The highest BCUT2D eigenvalue weighted by molar-refractivity contribution is 5.91. The summed E-state index contributed by atoms with van der Waals surface area (Å²) in [5, 5.41) is 8.13. The molecule has 3 heterocycles. The van der Waals surface area contributed by atoms with Crippen LogP contribution in [0.2, 0.25) is 0 Å². The number of carbonyl (C=O) groups is 1. The molecule has 1 aromatic carbocycles. The minimum Gasteiger partial charge on any atom is -0.373 e. The average molecular weight is 466 g/mol. The predicted octanol–water partition coefficient (Wildman–Crippen LogP) is 4.04. The van der Waals surface area contributed by atoms with E-state index in [-0.39, 0.29) is 18.1 Å². The molecular formula is C27H39N5O2. The highest BCUT2D eigenvalue weighted by Gasteiger charge is 2.31. The van der Waals surface area contributed by atoms with E-state index in [1.165, 1.54) is 25.7 Å². The number of ether oxygens (including phenoxy) is 1. The molecule has 5 rings (SSSR count). The van der Waals surface area contributed by atoms with Gasteiger partial charge in [0.25, 0.3) is 0 Å². The quantitative estimate of drug-likeness (QED) is 0.669. The zero-order valence-corrected chi connectivity index (χ0v) is 20.7. The number of carbonyl (C=O) groups excluding carboxylic acids is 1. The molecule has 1 aromatic heterocycles. The van der Waals surface area contributed by atoms with Gasteiger partial charge in [0, 0.05) is 37.7 Å². The monoisotopic (exact) mass is 465 g/mol. The lowest BCUT2D eigenvalue weighted by Crippen LogP contribution is -2.50. The topological polar surface area (TPSA) is 62.6 Å². The van der Waals surface area contributed by atoms with Crippen molar-refractivity contribution < 1.29 is 9.53 Å². The standard InChI is InChI=1S/C27H39N5O2/c1-20-16-30(17-21(2)34-20)18-24-13-8-14-31(24)19-27(33)28-26-15-25(22-9-6-7-10-22)29-32(26)23-11-4-3-5-12-23/h3-5,11-12,15,20-22,24H,6-10,13-14,16-19H2,1-2H3,(H,28,33)/t20-,21+,24-/m1/s1. The van der Waals surface area contributed by atoms with Crippen LogP contribution in [-0.2, 0) is 9.53 Å². The van der Waals surface area contributed by atoms with E-state index in [1.807, 2.05) is 35.0 Å². The number of rotatable bonds is 7. The predicted molar refractivity (Wildman–Crippen MR) is 134 cm³/mol. The molecule has 1 saturated carbocycles. The number of hydrogen-bond acceptors (Lipinski definition) is 5. The van der Waals surface area contributed by atoms with E-state index >= 15 is 0 Å². The third-order valence-electron chi connectivity index (χ3n) is 7.58. The Morgan fingerprint density at radius 1 is 1.06 bits per heavy atom. The largest absolute Gasteiger partial charge is 0.373 e. The molecule has 1 N–H and O–H groups in total. The summed E-state index contributed by atoms with van der Waals surface area (Å²) in [6.07, 6.45) is 7.76. The number of nitrogens with zero attached hydrogens (tertiary/aromatic N) is 4. The van der Waals surface area contributed by atoms with Crippen LogP contribution in [0.4, 0.5) is 5.82 Å². The molecule has 0 bridgehead atoms. The summed E-state index contributed by atoms with van der Waals surface area (Å²) in [5.74, 6) is 1.33. The van der Waals surface area contributed by atoms with Gasteiger partial charge in [0.15, 0.2) is 0 Å². The minimum atomic E-state index is 0.0469. The number of para-hydroxylation sites is 1. The molecule has 34 heavy (non-hydrogen) atoms. The van der Waals surface area contributed by atoms with Crippen LogP contribution < -0.4 is 5.32 Å². The molecule has 0 radical (unpaired) electrons. The molecule has 0 unspecified atom stereocenters. The summed E-state index contributed by atoms with van der Waals surface area (Å²) in [4.78, 5) is 18.1. The van der Waals surface area contributed by atoms with E-state index in [1.54, 1.807) is 0 Å². The van der Waals surface area contributed by atoms with Crippen molar-refractivity contribution >= 4 is 11.7 Å². The number of hydrogen-bond donors (Lipinski definition) is 1. The number of nitrogens with one attached hydrogen (secondary N) is 1. The van der Waals surface area contributed by atoms with Gasteiger partial charge < -0.3 is 10.1 Å². The zero-order valence-electron chi connectivity index (χ0n) is 20.7. The molecule has 1 amide bonds. The Kier molecular flexibility index (Phi) is 7.32. The molecule has 3 atom stereocenters. The summed E-state index contributed by atoms with van der Waals surface area (Å²) in [6.45, 7) is 8.68. The maximum Gasteiger partial charge on any atom is 0.239 e. The molecule has 184 valence electrons. The van der Waals surface area contributed by atoms with Crippen molar-refractivity contribution in [3.05, 3.63) is 42.1 Å². The Bertz CT molecular complexity index is 945. The summed E-state index contributed by atoms with van der Waals surface area (Å²) < 4.78 is 7.80. The second-order valence-electron chi connectivity index (χ2n) is 10.5. The van der Waals surface area contributed by atoms with Gasteiger partial charge in [0.2, 0.25) is 5.91 Å². The number of morpholine rings is 1. The SMILES string of the molecule is C[C@@H]1CN(C[C@H]2CCCN2CC(=O)Nc2cc(C3CCCC3)nn2-c2ccccc2)C[C@H](C)O1. The molecule has 1 aliphatic carbocycles. The number of likely N-dealkylation sites (tertiary alicyclic amines) is 1. The van der Waals surface area contributed by atoms with Crippen molar-refractivity contribution in [3.8, 4) is 5.69 Å². The number of anilines is 1. The van der Waals surface area contributed by atoms with Crippen LogP contribution in [0.25, 0.3) is 5.69 Å². The summed E-state index contributed by atoms with van der Waals surface area (Å²) in [5.41, 5.74) is 2.09. The minimum absolute atomic E-state index is 0.0469. The van der Waals surface area contributed by atoms with Gasteiger partial charge in [0.1, 0.15) is 5.82 Å². The van der Waals surface area contributed by atoms with E-state index < -0.39 is 0 Å². The van der Waals surface area contributed by atoms with Crippen molar-refractivity contribution in [2.24, 2.45) is 0 Å². The Morgan fingerprint density at radius 3 is 2.53 bits per heavy atom. The van der Waals surface area contributed by atoms with Crippen LogP contribution >= 0.6 is 0 Å². The fourth-order valence-electron chi connectivity index (χ4n) is 6.08. The molecule has 3 fully saturated rings. The third kappa shape index (κ3) is 5.53. The Labute approximate surface area is 203 Å². The van der Waals surface area contributed by atoms with Gasteiger partial charge in [-0.05, 0) is 58.2 Å². The van der Waals surface area contributed by atoms with Gasteiger partial charge in [-0.15, -0.1) is 0 Å². The van der Waals surface area contributed by atoms with Crippen molar-refractivity contribution in [1.82, 2.24) is 19.6 Å². The van der Waals surface area contributed by atoms with E-state index in [9.17, 15) is 4.79 Å². The average Bonchev–Trinajstić information content (AvgIpc) is 3.56. The first-order valence-electron chi connectivity index (χ1n) is 13.1. The van der Waals surface area contributed by atoms with Gasteiger partial charge >= 0.3 is 0 Å². The van der Waals surface area contributed by atoms with E-state index in [0.717, 1.165) is 56.2 Å². The lowest BCUT2D eigenvalue weighted by atomic mass is 10.0. The highest BCUT2D eigenvalue weighted by Crippen LogP contribution is 2.35. The van der Waals surface area contributed by atoms with E-state index in [0.29, 0.717) is 18.5 Å². The number of amides is 1. The third-order valence-corrected chi connectivity index (χ3v) is 7.58. The van der Waals surface area contributed by atoms with Gasteiger partial charge in [-0.25, -0.2) is 4.68 Å². The fourth-order valence-corrected chi connectivity index (χ4v) is 6.08. The summed E-state index contributed by atoms with van der Waals surface area (Å²) in [7, 11) is 0. The Hall–Kier alpha value is -2.22. The zero-order chi connectivity index (χ0) is 23.5. The normalized spacial score (nSPS) is 26.8. The van der Waals surface area contributed by atoms with Crippen LogP contribution in [0.3, 0.4) is 0 Å². The van der Waals surface area contributed by atoms with Crippen molar-refractivity contribution in [1.29, 1.82) is 0 Å². The molecule has 2 aromatic rings. The maximum atomic E-state index is 13.2. The van der Waals surface area contributed by atoms with Crippen LogP contribution in [0.5, 0.6) is 0 Å². The highest BCUT2D eigenvalue weighted by atomic mass is 16.5. The number of benzene rings is 1. The van der Waals surface area contributed by atoms with Gasteiger partial charge in [-0.1, -0.05) is 31.0 Å². The first-order valence-corrected chi connectivity index (χ1v) is 13.1. The molecule has 7 nitrogen and oxygen atoms in total. The van der Waals surface area contributed by atoms with Crippen molar-refractivity contribution in [3.63, 3.8) is 0 Å².